The van der Waals surface area contributed by atoms with Crippen LogP contribution in [0.2, 0.25) is 0 Å². The highest BCUT2D eigenvalue weighted by Gasteiger charge is 2.14. The maximum Gasteiger partial charge on any atom is 0.251 e. The van der Waals surface area contributed by atoms with Crippen LogP contribution in [-0.2, 0) is 17.8 Å². The molecule has 5 rings (SSSR count). The molecule has 1 fully saturated rings. The molecule has 6 nitrogen and oxygen atoms in total. The number of pyridine rings is 1. The summed E-state index contributed by atoms with van der Waals surface area (Å²) in [5.74, 6) is -0.0869. The number of aromatic nitrogens is 1. The van der Waals surface area contributed by atoms with E-state index in [1.807, 2.05) is 95.9 Å². The molecule has 1 aliphatic heterocycles. The summed E-state index contributed by atoms with van der Waals surface area (Å²) in [6.45, 7) is 4.85. The van der Waals surface area contributed by atoms with E-state index in [9.17, 15) is 9.59 Å². The van der Waals surface area contributed by atoms with Crippen molar-refractivity contribution in [1.29, 1.82) is 0 Å². The molecule has 214 valence electrons. The average Bonchev–Trinajstić information content (AvgIpc) is 3.57. The van der Waals surface area contributed by atoms with Gasteiger partial charge in [-0.3, -0.25) is 14.6 Å². The van der Waals surface area contributed by atoms with Gasteiger partial charge >= 0.3 is 0 Å². The molecular weight excluding hydrogens is 520 g/mol. The lowest BCUT2D eigenvalue weighted by molar-refractivity contribution is -0.126. The Morgan fingerprint density at radius 3 is 2.36 bits per heavy atom. The maximum absolute atomic E-state index is 13.4. The molecule has 0 saturated carbocycles. The molecule has 6 heteroatoms. The third kappa shape index (κ3) is 8.48. The Morgan fingerprint density at radius 1 is 0.833 bits per heavy atom. The smallest absolute Gasteiger partial charge is 0.251 e. The molecule has 0 spiro atoms. The molecule has 1 aliphatic rings. The molecule has 2 heterocycles. The molecule has 1 saturated heterocycles. The third-order valence-corrected chi connectivity index (χ3v) is 7.62. The number of hydrogen-bond donors (Lipinski definition) is 1. The van der Waals surface area contributed by atoms with Gasteiger partial charge in [-0.2, -0.15) is 0 Å². The zero-order chi connectivity index (χ0) is 29.0. The zero-order valence-electron chi connectivity index (χ0n) is 24.0. The Balaban J connectivity index is 1.28. The fraction of sp³-hybridized carbons (Fsp3) is 0.250. The first-order chi connectivity index (χ1) is 20.6. The van der Waals surface area contributed by atoms with Crippen LogP contribution >= 0.6 is 0 Å². The van der Waals surface area contributed by atoms with Gasteiger partial charge in [0.15, 0.2) is 0 Å². The van der Waals surface area contributed by atoms with Crippen LogP contribution < -0.4 is 5.32 Å². The number of benzene rings is 3. The van der Waals surface area contributed by atoms with Crippen molar-refractivity contribution in [3.63, 3.8) is 0 Å². The molecule has 0 radical (unpaired) electrons. The first kappa shape index (κ1) is 29.0. The number of carbonyl (C=O) groups is 2. The van der Waals surface area contributed by atoms with Crippen molar-refractivity contribution in [1.82, 2.24) is 20.1 Å². The number of nitrogens with one attached hydrogen (secondary N) is 1. The molecule has 1 N–H and O–H groups in total. The average molecular weight is 559 g/mol. The van der Waals surface area contributed by atoms with Crippen LogP contribution in [0, 0.1) is 0 Å². The van der Waals surface area contributed by atoms with Crippen LogP contribution in [0.25, 0.3) is 17.2 Å². The van der Waals surface area contributed by atoms with Crippen molar-refractivity contribution in [2.45, 2.75) is 25.8 Å². The summed E-state index contributed by atoms with van der Waals surface area (Å²) in [5, 5.41) is 3.07. The highest BCUT2D eigenvalue weighted by Crippen LogP contribution is 2.23. The molecule has 3 aromatic carbocycles. The molecule has 0 aliphatic carbocycles. The lowest BCUT2D eigenvalue weighted by atomic mass is 10.0. The fourth-order valence-corrected chi connectivity index (χ4v) is 5.26. The summed E-state index contributed by atoms with van der Waals surface area (Å²) >= 11 is 0. The number of carbonyl (C=O) groups excluding carboxylic acids is 2. The second-order valence-electron chi connectivity index (χ2n) is 10.7. The van der Waals surface area contributed by atoms with Crippen LogP contribution in [0.4, 0.5) is 0 Å². The number of hydrogen-bond acceptors (Lipinski definition) is 4. The van der Waals surface area contributed by atoms with Crippen LogP contribution in [0.1, 0.15) is 39.9 Å². The summed E-state index contributed by atoms with van der Waals surface area (Å²) in [4.78, 5) is 34.6. The topological polar surface area (TPSA) is 65.5 Å². The lowest BCUT2D eigenvalue weighted by Crippen LogP contribution is -2.33. The summed E-state index contributed by atoms with van der Waals surface area (Å²) in [6, 6.07) is 29.8. The Bertz CT molecular complexity index is 1480. The molecule has 0 unspecified atom stereocenters. The molecule has 4 aromatic rings. The van der Waals surface area contributed by atoms with Crippen molar-refractivity contribution in [3.05, 3.63) is 132 Å². The van der Waals surface area contributed by atoms with Gasteiger partial charge in [-0.15, -0.1) is 0 Å². The zero-order valence-corrected chi connectivity index (χ0v) is 24.0. The van der Waals surface area contributed by atoms with Crippen molar-refractivity contribution in [2.24, 2.45) is 0 Å². The van der Waals surface area contributed by atoms with Crippen LogP contribution in [0.5, 0.6) is 0 Å². The number of amides is 2. The maximum atomic E-state index is 13.4. The molecule has 42 heavy (non-hydrogen) atoms. The van der Waals surface area contributed by atoms with Crippen molar-refractivity contribution in [3.8, 4) is 11.1 Å². The number of likely N-dealkylation sites (tertiary alicyclic amines) is 1. The van der Waals surface area contributed by atoms with E-state index in [4.69, 9.17) is 0 Å². The van der Waals surface area contributed by atoms with E-state index >= 15 is 0 Å². The van der Waals surface area contributed by atoms with Gasteiger partial charge in [-0.25, -0.2) is 0 Å². The predicted octanol–water partition coefficient (Wildman–Crippen LogP) is 5.86. The van der Waals surface area contributed by atoms with E-state index in [0.29, 0.717) is 25.2 Å². The van der Waals surface area contributed by atoms with E-state index in [1.54, 1.807) is 18.5 Å². The second-order valence-corrected chi connectivity index (χ2v) is 10.7. The Hall–Kier alpha value is -4.55. The lowest BCUT2D eigenvalue weighted by Gasteiger charge is -2.22. The van der Waals surface area contributed by atoms with Gasteiger partial charge in [0, 0.05) is 50.2 Å². The van der Waals surface area contributed by atoms with Crippen LogP contribution in [0.3, 0.4) is 0 Å². The molecule has 0 atom stereocenters. The second kappa shape index (κ2) is 14.9. The fourth-order valence-electron chi connectivity index (χ4n) is 5.26. The van der Waals surface area contributed by atoms with E-state index < -0.39 is 0 Å². The van der Waals surface area contributed by atoms with Crippen LogP contribution in [0.15, 0.2) is 109 Å². The van der Waals surface area contributed by atoms with Gasteiger partial charge in [0.1, 0.15) is 0 Å². The van der Waals surface area contributed by atoms with Gasteiger partial charge in [0.2, 0.25) is 5.91 Å². The van der Waals surface area contributed by atoms with Gasteiger partial charge in [-0.05, 0) is 96.6 Å². The Kier molecular flexibility index (Phi) is 10.3. The number of rotatable bonds is 12. The van der Waals surface area contributed by atoms with Crippen molar-refractivity contribution < 1.29 is 9.59 Å². The van der Waals surface area contributed by atoms with E-state index in [2.05, 4.69) is 21.3 Å². The molecule has 1 aromatic heterocycles. The minimum Gasteiger partial charge on any atom is -0.351 e. The van der Waals surface area contributed by atoms with Crippen molar-refractivity contribution in [2.75, 3.05) is 32.7 Å². The van der Waals surface area contributed by atoms with Crippen LogP contribution in [-0.4, -0.2) is 59.3 Å². The standard InChI is InChI=1S/C36H38N4O2/c41-35(15-14-29-8-2-1-3-9-29)40(24-18-30-16-19-37-20-17-30)28-31-10-6-11-32(26-31)33-12-7-13-34(27-33)36(42)38-21-25-39-22-4-5-23-39/h1-3,6-17,19-20,26-27H,4-5,18,21-25,28H2,(H,38,42). The quantitative estimate of drug-likeness (QED) is 0.221. The highest BCUT2D eigenvalue weighted by atomic mass is 16.2. The Labute approximate surface area is 248 Å². The van der Waals surface area contributed by atoms with E-state index in [0.717, 1.165) is 53.9 Å². The van der Waals surface area contributed by atoms with Gasteiger partial charge in [-0.1, -0.05) is 60.7 Å². The van der Waals surface area contributed by atoms with E-state index in [1.165, 1.54) is 12.8 Å². The minimum absolute atomic E-state index is 0.0362. The summed E-state index contributed by atoms with van der Waals surface area (Å²) in [5.41, 5.74) is 5.80. The first-order valence-corrected chi connectivity index (χ1v) is 14.7. The normalized spacial score (nSPS) is 13.3. The molecular formula is C36H38N4O2. The largest absolute Gasteiger partial charge is 0.351 e. The summed E-state index contributed by atoms with van der Waals surface area (Å²) in [7, 11) is 0. The summed E-state index contributed by atoms with van der Waals surface area (Å²) in [6.07, 6.45) is 10.3. The minimum atomic E-state index is -0.0507. The van der Waals surface area contributed by atoms with Gasteiger partial charge in [0.05, 0.1) is 0 Å². The summed E-state index contributed by atoms with van der Waals surface area (Å²) < 4.78 is 0. The SMILES string of the molecule is O=C(NCCN1CCCC1)c1cccc(-c2cccc(CN(CCc3ccncc3)C(=O)C=Cc3ccccc3)c2)c1. The number of nitrogens with zero attached hydrogens (tertiary/aromatic N) is 3. The van der Waals surface area contributed by atoms with Crippen molar-refractivity contribution >= 4 is 17.9 Å². The predicted molar refractivity (Wildman–Crippen MR) is 169 cm³/mol. The third-order valence-electron chi connectivity index (χ3n) is 7.62. The monoisotopic (exact) mass is 558 g/mol. The molecule has 0 bridgehead atoms. The first-order valence-electron chi connectivity index (χ1n) is 14.7. The highest BCUT2D eigenvalue weighted by molar-refractivity contribution is 5.95. The van der Waals surface area contributed by atoms with Gasteiger partial charge in [0.25, 0.3) is 5.91 Å². The van der Waals surface area contributed by atoms with E-state index in [-0.39, 0.29) is 11.8 Å². The molecule has 2 amide bonds. The van der Waals surface area contributed by atoms with Gasteiger partial charge < -0.3 is 15.1 Å². The Morgan fingerprint density at radius 2 is 1.57 bits per heavy atom.